The summed E-state index contributed by atoms with van der Waals surface area (Å²) in [5, 5.41) is 2.75. The number of halogens is 2. The number of hydrogen-bond acceptors (Lipinski definition) is 3. The van der Waals surface area contributed by atoms with Crippen LogP contribution in [0.3, 0.4) is 0 Å². The summed E-state index contributed by atoms with van der Waals surface area (Å²) in [4.78, 5) is 25.1. The first-order valence-electron chi connectivity index (χ1n) is 5.31. The molecule has 0 unspecified atom stereocenters. The SMILES string of the molecule is CC(C)NC(=O)CN(C)C(=O)c1cc(Br)sc1Br. The number of thiophene rings is 1. The van der Waals surface area contributed by atoms with Gasteiger partial charge >= 0.3 is 0 Å². The van der Waals surface area contributed by atoms with Crippen molar-refractivity contribution in [2.45, 2.75) is 19.9 Å². The van der Waals surface area contributed by atoms with Crippen molar-refractivity contribution < 1.29 is 9.59 Å². The Morgan fingerprint density at radius 1 is 1.44 bits per heavy atom. The van der Waals surface area contributed by atoms with Crippen LogP contribution in [0.25, 0.3) is 0 Å². The van der Waals surface area contributed by atoms with Crippen molar-refractivity contribution in [3.05, 3.63) is 19.2 Å². The average Bonchev–Trinajstić information content (AvgIpc) is 2.55. The molecule has 0 aromatic carbocycles. The van der Waals surface area contributed by atoms with Gasteiger partial charge in [0.2, 0.25) is 5.91 Å². The molecule has 0 bridgehead atoms. The summed E-state index contributed by atoms with van der Waals surface area (Å²) in [6.45, 7) is 3.81. The van der Waals surface area contributed by atoms with Crippen LogP contribution in [-0.2, 0) is 4.79 Å². The third-order valence-corrected chi connectivity index (χ3v) is 4.40. The topological polar surface area (TPSA) is 49.4 Å². The molecular weight excluding hydrogens is 384 g/mol. The lowest BCUT2D eigenvalue weighted by Crippen LogP contribution is -2.40. The summed E-state index contributed by atoms with van der Waals surface area (Å²) in [7, 11) is 1.61. The highest BCUT2D eigenvalue weighted by Crippen LogP contribution is 2.32. The Kier molecular flexibility index (Phi) is 5.81. The molecule has 0 spiro atoms. The van der Waals surface area contributed by atoms with E-state index in [2.05, 4.69) is 37.2 Å². The summed E-state index contributed by atoms with van der Waals surface area (Å²) >= 11 is 8.09. The van der Waals surface area contributed by atoms with Gasteiger partial charge in [0.1, 0.15) is 0 Å². The van der Waals surface area contributed by atoms with Gasteiger partial charge in [-0.2, -0.15) is 0 Å². The number of carbonyl (C=O) groups excluding carboxylic acids is 2. The maximum atomic E-state index is 12.1. The molecule has 100 valence electrons. The number of hydrogen-bond donors (Lipinski definition) is 1. The van der Waals surface area contributed by atoms with Crippen LogP contribution in [0.15, 0.2) is 13.6 Å². The fourth-order valence-electron chi connectivity index (χ4n) is 1.35. The minimum absolute atomic E-state index is 0.0525. The van der Waals surface area contributed by atoms with E-state index in [0.29, 0.717) is 5.56 Å². The second-order valence-electron chi connectivity index (χ2n) is 4.12. The molecule has 1 aromatic heterocycles. The standard InChI is InChI=1S/C11H14Br2N2O2S/c1-6(2)14-9(16)5-15(3)11(17)7-4-8(12)18-10(7)13/h4,6H,5H2,1-3H3,(H,14,16). The molecule has 1 aromatic rings. The Hall–Kier alpha value is -0.400. The second-order valence-corrected chi connectivity index (χ2v) is 7.87. The monoisotopic (exact) mass is 396 g/mol. The Labute approximate surface area is 127 Å². The lowest BCUT2D eigenvalue weighted by Gasteiger charge is -2.17. The molecule has 0 aliphatic heterocycles. The first-order valence-corrected chi connectivity index (χ1v) is 7.71. The third kappa shape index (κ3) is 4.37. The summed E-state index contributed by atoms with van der Waals surface area (Å²) < 4.78 is 1.63. The summed E-state index contributed by atoms with van der Waals surface area (Å²) in [5.41, 5.74) is 0.562. The zero-order valence-corrected chi connectivity index (χ0v) is 14.3. The van der Waals surface area contributed by atoms with E-state index in [9.17, 15) is 9.59 Å². The molecule has 1 rings (SSSR count). The van der Waals surface area contributed by atoms with Gasteiger partial charge in [0.05, 0.1) is 19.7 Å². The van der Waals surface area contributed by atoms with Crippen LogP contribution in [0, 0.1) is 0 Å². The minimum atomic E-state index is -0.178. The largest absolute Gasteiger partial charge is 0.352 e. The van der Waals surface area contributed by atoms with Crippen LogP contribution in [0.2, 0.25) is 0 Å². The Morgan fingerprint density at radius 2 is 2.06 bits per heavy atom. The Bertz CT molecular complexity index is 460. The molecule has 18 heavy (non-hydrogen) atoms. The fraction of sp³-hybridized carbons (Fsp3) is 0.455. The molecule has 2 amide bonds. The van der Waals surface area contributed by atoms with E-state index in [4.69, 9.17) is 0 Å². The maximum Gasteiger partial charge on any atom is 0.256 e. The van der Waals surface area contributed by atoms with E-state index in [-0.39, 0.29) is 24.4 Å². The highest BCUT2D eigenvalue weighted by atomic mass is 79.9. The van der Waals surface area contributed by atoms with Crippen LogP contribution >= 0.6 is 43.2 Å². The van der Waals surface area contributed by atoms with Crippen molar-refractivity contribution in [1.82, 2.24) is 10.2 Å². The fourth-order valence-corrected chi connectivity index (χ4v) is 4.12. The number of nitrogens with zero attached hydrogens (tertiary/aromatic N) is 1. The van der Waals surface area contributed by atoms with Gasteiger partial charge in [0.15, 0.2) is 0 Å². The van der Waals surface area contributed by atoms with Gasteiger partial charge in [-0.15, -0.1) is 11.3 Å². The predicted molar refractivity (Wildman–Crippen MR) is 80.0 cm³/mol. The van der Waals surface area contributed by atoms with Crippen LogP contribution in [0.4, 0.5) is 0 Å². The molecule has 1 heterocycles. The molecular formula is C11H14Br2N2O2S. The molecule has 7 heteroatoms. The van der Waals surface area contributed by atoms with Gasteiger partial charge in [-0.1, -0.05) is 0 Å². The number of nitrogens with one attached hydrogen (secondary N) is 1. The van der Waals surface area contributed by atoms with Crippen molar-refractivity contribution in [3.8, 4) is 0 Å². The van der Waals surface area contributed by atoms with Crippen molar-refractivity contribution in [3.63, 3.8) is 0 Å². The number of carbonyl (C=O) groups is 2. The number of rotatable bonds is 4. The highest BCUT2D eigenvalue weighted by Gasteiger charge is 2.19. The first-order chi connectivity index (χ1) is 8.31. The van der Waals surface area contributed by atoms with Gasteiger partial charge < -0.3 is 10.2 Å². The van der Waals surface area contributed by atoms with E-state index < -0.39 is 0 Å². The van der Waals surface area contributed by atoms with Gasteiger partial charge in [0, 0.05) is 13.1 Å². The first kappa shape index (κ1) is 15.7. The number of likely N-dealkylation sites (N-methyl/N-ethyl adjacent to an activating group) is 1. The van der Waals surface area contributed by atoms with Gasteiger partial charge in [0.25, 0.3) is 5.91 Å². The van der Waals surface area contributed by atoms with E-state index in [1.54, 1.807) is 13.1 Å². The van der Waals surface area contributed by atoms with Gasteiger partial charge in [-0.05, 0) is 51.8 Å². The quantitative estimate of drug-likeness (QED) is 0.849. The smallest absolute Gasteiger partial charge is 0.256 e. The highest BCUT2D eigenvalue weighted by molar-refractivity contribution is 9.12. The second kappa shape index (κ2) is 6.68. The lowest BCUT2D eigenvalue weighted by atomic mass is 10.3. The zero-order chi connectivity index (χ0) is 13.9. The molecule has 0 radical (unpaired) electrons. The maximum absolute atomic E-state index is 12.1. The van der Waals surface area contributed by atoms with Crippen molar-refractivity contribution in [2.24, 2.45) is 0 Å². The number of amides is 2. The van der Waals surface area contributed by atoms with Gasteiger partial charge in [-0.25, -0.2) is 0 Å². The molecule has 4 nitrogen and oxygen atoms in total. The summed E-state index contributed by atoms with van der Waals surface area (Å²) in [5.74, 6) is -0.339. The van der Waals surface area contributed by atoms with Crippen molar-refractivity contribution >= 4 is 55.0 Å². The van der Waals surface area contributed by atoms with Crippen LogP contribution in [0.5, 0.6) is 0 Å². The minimum Gasteiger partial charge on any atom is -0.352 e. The van der Waals surface area contributed by atoms with Gasteiger partial charge in [-0.3, -0.25) is 9.59 Å². The summed E-state index contributed by atoms with van der Waals surface area (Å²) in [6, 6.07) is 1.82. The van der Waals surface area contributed by atoms with Crippen LogP contribution in [-0.4, -0.2) is 36.3 Å². The van der Waals surface area contributed by atoms with E-state index in [0.717, 1.165) is 7.57 Å². The normalized spacial score (nSPS) is 10.6. The Balaban J connectivity index is 2.67. The molecule has 0 fully saturated rings. The van der Waals surface area contributed by atoms with Crippen LogP contribution < -0.4 is 5.32 Å². The molecule has 0 saturated carbocycles. The van der Waals surface area contributed by atoms with Crippen molar-refractivity contribution in [1.29, 1.82) is 0 Å². The molecule has 0 aliphatic rings. The molecule has 1 N–H and O–H groups in total. The zero-order valence-electron chi connectivity index (χ0n) is 10.3. The van der Waals surface area contributed by atoms with Crippen molar-refractivity contribution in [2.75, 3.05) is 13.6 Å². The van der Waals surface area contributed by atoms with E-state index in [1.165, 1.54) is 16.2 Å². The molecule has 0 aliphatic carbocycles. The van der Waals surface area contributed by atoms with E-state index in [1.807, 2.05) is 13.8 Å². The molecule has 0 atom stereocenters. The van der Waals surface area contributed by atoms with E-state index >= 15 is 0 Å². The average molecular weight is 398 g/mol. The Morgan fingerprint density at radius 3 is 2.50 bits per heavy atom. The third-order valence-electron chi connectivity index (χ3n) is 2.06. The van der Waals surface area contributed by atoms with Crippen LogP contribution in [0.1, 0.15) is 24.2 Å². The predicted octanol–water partition coefficient (Wildman–Crippen LogP) is 2.87. The summed E-state index contributed by atoms with van der Waals surface area (Å²) in [6.07, 6.45) is 0. The molecule has 0 saturated heterocycles. The lowest BCUT2D eigenvalue weighted by molar-refractivity contribution is -0.122.